The van der Waals surface area contributed by atoms with E-state index in [0.717, 1.165) is 31.2 Å². The lowest BCUT2D eigenvalue weighted by Gasteiger charge is -2.16. The molecule has 0 unspecified atom stereocenters. The van der Waals surface area contributed by atoms with E-state index in [4.69, 9.17) is 0 Å². The number of amides is 1. The van der Waals surface area contributed by atoms with Gasteiger partial charge in [-0.1, -0.05) is 37.6 Å². The number of halogens is 1. The van der Waals surface area contributed by atoms with Crippen LogP contribution in [0.3, 0.4) is 0 Å². The van der Waals surface area contributed by atoms with Crippen LogP contribution in [-0.2, 0) is 11.8 Å². The maximum Gasteiger partial charge on any atom is 0.251 e. The average Bonchev–Trinajstić information content (AvgIpc) is 3.35. The highest BCUT2D eigenvalue weighted by atomic mass is 19.1. The predicted octanol–water partition coefficient (Wildman–Crippen LogP) is 4.24. The molecule has 0 saturated heterocycles. The van der Waals surface area contributed by atoms with E-state index in [1.807, 2.05) is 36.4 Å². The first kappa shape index (κ1) is 15.7. The second-order valence-electron chi connectivity index (χ2n) is 6.42. The van der Waals surface area contributed by atoms with Crippen LogP contribution in [0.1, 0.15) is 47.7 Å². The normalized spacial score (nSPS) is 15.2. The predicted molar refractivity (Wildman–Crippen MR) is 90.1 cm³/mol. The van der Waals surface area contributed by atoms with Crippen molar-refractivity contribution in [2.45, 2.75) is 38.0 Å². The van der Waals surface area contributed by atoms with Gasteiger partial charge in [-0.15, -0.1) is 0 Å². The Kier molecular flexibility index (Phi) is 4.46. The van der Waals surface area contributed by atoms with E-state index in [1.165, 1.54) is 17.7 Å². The molecule has 0 radical (unpaired) electrons. The number of rotatable bonds is 6. The van der Waals surface area contributed by atoms with E-state index in [-0.39, 0.29) is 17.1 Å². The van der Waals surface area contributed by atoms with Crippen molar-refractivity contribution < 1.29 is 9.18 Å². The smallest absolute Gasteiger partial charge is 0.251 e. The standard InChI is InChI=1S/C20H22FNO/c1-2-3-15-4-6-16(7-5-15)19(23)22-14-20(12-13-20)17-8-10-18(21)11-9-17/h4-11H,2-3,12-14H2,1H3,(H,22,23). The van der Waals surface area contributed by atoms with Crippen LogP contribution in [0.2, 0.25) is 0 Å². The molecule has 2 aromatic rings. The summed E-state index contributed by atoms with van der Waals surface area (Å²) in [5.74, 6) is -0.262. The summed E-state index contributed by atoms with van der Waals surface area (Å²) in [6.45, 7) is 2.75. The zero-order chi connectivity index (χ0) is 16.3. The summed E-state index contributed by atoms with van der Waals surface area (Å²) in [4.78, 5) is 12.3. The molecule has 1 amide bonds. The molecule has 0 atom stereocenters. The van der Waals surface area contributed by atoms with Crippen molar-refractivity contribution in [3.05, 3.63) is 71.0 Å². The largest absolute Gasteiger partial charge is 0.351 e. The SMILES string of the molecule is CCCc1ccc(C(=O)NCC2(c3ccc(F)cc3)CC2)cc1. The van der Waals surface area contributed by atoms with Crippen LogP contribution in [0.4, 0.5) is 4.39 Å². The van der Waals surface area contributed by atoms with Gasteiger partial charge in [-0.2, -0.15) is 0 Å². The molecule has 1 N–H and O–H groups in total. The van der Waals surface area contributed by atoms with Crippen LogP contribution in [0.15, 0.2) is 48.5 Å². The fourth-order valence-electron chi connectivity index (χ4n) is 2.98. The maximum atomic E-state index is 13.0. The van der Waals surface area contributed by atoms with E-state index in [9.17, 15) is 9.18 Å². The number of nitrogens with one attached hydrogen (secondary N) is 1. The average molecular weight is 311 g/mol. The summed E-state index contributed by atoms with van der Waals surface area (Å²) in [5, 5.41) is 3.03. The van der Waals surface area contributed by atoms with Gasteiger partial charge in [0.1, 0.15) is 5.82 Å². The molecule has 1 aliphatic carbocycles. The van der Waals surface area contributed by atoms with Gasteiger partial charge >= 0.3 is 0 Å². The number of hydrogen-bond acceptors (Lipinski definition) is 1. The Morgan fingerprint density at radius 2 is 1.74 bits per heavy atom. The van der Waals surface area contributed by atoms with Crippen molar-refractivity contribution in [3.8, 4) is 0 Å². The lowest BCUT2D eigenvalue weighted by Crippen LogP contribution is -2.32. The van der Waals surface area contributed by atoms with Gasteiger partial charge in [0.25, 0.3) is 5.91 Å². The van der Waals surface area contributed by atoms with Crippen molar-refractivity contribution in [1.29, 1.82) is 0 Å². The van der Waals surface area contributed by atoms with E-state index in [1.54, 1.807) is 0 Å². The van der Waals surface area contributed by atoms with E-state index in [2.05, 4.69) is 12.2 Å². The van der Waals surface area contributed by atoms with E-state index < -0.39 is 0 Å². The van der Waals surface area contributed by atoms with Crippen LogP contribution in [0, 0.1) is 5.82 Å². The number of benzene rings is 2. The maximum absolute atomic E-state index is 13.0. The molecule has 1 saturated carbocycles. The highest BCUT2D eigenvalue weighted by molar-refractivity contribution is 5.94. The number of carbonyl (C=O) groups is 1. The van der Waals surface area contributed by atoms with Crippen molar-refractivity contribution in [1.82, 2.24) is 5.32 Å². The quantitative estimate of drug-likeness (QED) is 0.849. The Morgan fingerprint density at radius 1 is 1.09 bits per heavy atom. The third-order valence-electron chi connectivity index (χ3n) is 4.65. The van der Waals surface area contributed by atoms with Crippen molar-refractivity contribution in [2.24, 2.45) is 0 Å². The molecule has 2 aromatic carbocycles. The molecule has 0 bridgehead atoms. The van der Waals surface area contributed by atoms with Crippen LogP contribution < -0.4 is 5.32 Å². The Balaban J connectivity index is 1.61. The molecule has 3 rings (SSSR count). The molecule has 3 heteroatoms. The second kappa shape index (κ2) is 6.53. The minimum absolute atomic E-state index is 0.00842. The Labute approximate surface area is 136 Å². The summed E-state index contributed by atoms with van der Waals surface area (Å²) in [6, 6.07) is 14.4. The van der Waals surface area contributed by atoms with E-state index >= 15 is 0 Å². The third kappa shape index (κ3) is 3.61. The molecule has 1 aliphatic rings. The molecule has 0 heterocycles. The lowest BCUT2D eigenvalue weighted by atomic mass is 9.96. The van der Waals surface area contributed by atoms with Gasteiger partial charge in [0, 0.05) is 17.5 Å². The second-order valence-corrected chi connectivity index (χ2v) is 6.42. The molecule has 1 fully saturated rings. The molecule has 0 aromatic heterocycles. The lowest BCUT2D eigenvalue weighted by molar-refractivity contribution is 0.0949. The van der Waals surface area contributed by atoms with Crippen molar-refractivity contribution in [3.63, 3.8) is 0 Å². The highest BCUT2D eigenvalue weighted by Gasteiger charge is 2.44. The topological polar surface area (TPSA) is 29.1 Å². The fraction of sp³-hybridized carbons (Fsp3) is 0.350. The zero-order valence-corrected chi connectivity index (χ0v) is 13.4. The van der Waals surface area contributed by atoms with Gasteiger partial charge in [-0.05, 0) is 54.7 Å². The van der Waals surface area contributed by atoms with Gasteiger partial charge in [0.2, 0.25) is 0 Å². The molecule has 23 heavy (non-hydrogen) atoms. The minimum atomic E-state index is -0.222. The number of hydrogen-bond donors (Lipinski definition) is 1. The molecule has 120 valence electrons. The Hall–Kier alpha value is -2.16. The molecule has 0 spiro atoms. The van der Waals surface area contributed by atoms with E-state index in [0.29, 0.717) is 12.1 Å². The molecule has 0 aliphatic heterocycles. The summed E-state index contributed by atoms with van der Waals surface area (Å²) in [5.41, 5.74) is 3.05. The monoisotopic (exact) mass is 311 g/mol. The van der Waals surface area contributed by atoms with Gasteiger partial charge in [-0.25, -0.2) is 4.39 Å². The first-order valence-electron chi connectivity index (χ1n) is 8.26. The first-order valence-corrected chi connectivity index (χ1v) is 8.26. The van der Waals surface area contributed by atoms with Gasteiger partial charge in [0.15, 0.2) is 0 Å². The van der Waals surface area contributed by atoms with Gasteiger partial charge in [-0.3, -0.25) is 4.79 Å². The van der Waals surface area contributed by atoms with Crippen LogP contribution in [0.5, 0.6) is 0 Å². The van der Waals surface area contributed by atoms with Crippen LogP contribution in [0.25, 0.3) is 0 Å². The molecule has 2 nitrogen and oxygen atoms in total. The minimum Gasteiger partial charge on any atom is -0.351 e. The van der Waals surface area contributed by atoms with Crippen LogP contribution in [-0.4, -0.2) is 12.5 Å². The number of aryl methyl sites for hydroxylation is 1. The van der Waals surface area contributed by atoms with Gasteiger partial charge in [0.05, 0.1) is 0 Å². The summed E-state index contributed by atoms with van der Waals surface area (Å²) in [6.07, 6.45) is 4.21. The summed E-state index contributed by atoms with van der Waals surface area (Å²) in [7, 11) is 0. The van der Waals surface area contributed by atoms with Gasteiger partial charge < -0.3 is 5.32 Å². The zero-order valence-electron chi connectivity index (χ0n) is 13.4. The highest BCUT2D eigenvalue weighted by Crippen LogP contribution is 2.47. The molecular weight excluding hydrogens is 289 g/mol. The Bertz CT molecular complexity index is 672. The van der Waals surface area contributed by atoms with Crippen LogP contribution >= 0.6 is 0 Å². The summed E-state index contributed by atoms with van der Waals surface area (Å²) >= 11 is 0. The number of carbonyl (C=O) groups excluding carboxylic acids is 1. The Morgan fingerprint density at radius 3 is 2.30 bits per heavy atom. The van der Waals surface area contributed by atoms with Crippen molar-refractivity contribution in [2.75, 3.05) is 6.54 Å². The fourth-order valence-corrected chi connectivity index (χ4v) is 2.98. The first-order chi connectivity index (χ1) is 11.1. The molecular formula is C20H22FNO. The third-order valence-corrected chi connectivity index (χ3v) is 4.65. The summed E-state index contributed by atoms with van der Waals surface area (Å²) < 4.78 is 13.0. The van der Waals surface area contributed by atoms with Crippen molar-refractivity contribution >= 4 is 5.91 Å².